The summed E-state index contributed by atoms with van der Waals surface area (Å²) in [7, 11) is 0. The van der Waals surface area contributed by atoms with Gasteiger partial charge in [0.25, 0.3) is 0 Å². The van der Waals surface area contributed by atoms with Gasteiger partial charge in [0.1, 0.15) is 0 Å². The molecule has 0 aromatic heterocycles. The fourth-order valence-corrected chi connectivity index (χ4v) is 1.37. The van der Waals surface area contributed by atoms with Gasteiger partial charge in [-0.05, 0) is 12.8 Å². The van der Waals surface area contributed by atoms with Crippen LogP contribution in [0.2, 0.25) is 0 Å². The lowest BCUT2D eigenvalue weighted by Gasteiger charge is -2.08. The van der Waals surface area contributed by atoms with Crippen molar-refractivity contribution in [1.82, 2.24) is 0 Å². The average Bonchev–Trinajstić information content (AvgIpc) is 2.10. The van der Waals surface area contributed by atoms with E-state index < -0.39 is 11.9 Å². The molecule has 0 saturated carbocycles. The van der Waals surface area contributed by atoms with E-state index in [9.17, 15) is 9.59 Å². The van der Waals surface area contributed by atoms with Crippen LogP contribution >= 0.6 is 0 Å². The van der Waals surface area contributed by atoms with Crippen molar-refractivity contribution in [3.63, 3.8) is 0 Å². The molecule has 0 aliphatic rings. The first kappa shape index (κ1) is 12.7. The van der Waals surface area contributed by atoms with Gasteiger partial charge in [0.2, 0.25) is 0 Å². The predicted octanol–water partition coefficient (Wildman–Crippen LogP) is 2.05. The SMILES string of the molecule is CC/C(CC(=O)O)=C(/CC)CC(=O)O. The molecule has 0 amide bonds. The van der Waals surface area contributed by atoms with E-state index in [-0.39, 0.29) is 12.8 Å². The second kappa shape index (κ2) is 6.18. The Labute approximate surface area is 83.2 Å². The number of carbonyl (C=O) groups is 2. The fourth-order valence-electron chi connectivity index (χ4n) is 1.37. The maximum absolute atomic E-state index is 10.5. The molecule has 0 radical (unpaired) electrons. The monoisotopic (exact) mass is 200 g/mol. The third kappa shape index (κ3) is 4.64. The van der Waals surface area contributed by atoms with E-state index in [4.69, 9.17) is 10.2 Å². The maximum atomic E-state index is 10.5. The van der Waals surface area contributed by atoms with Gasteiger partial charge < -0.3 is 10.2 Å². The molecule has 0 fully saturated rings. The van der Waals surface area contributed by atoms with E-state index in [0.29, 0.717) is 12.8 Å². The molecule has 80 valence electrons. The second-order valence-corrected chi connectivity index (χ2v) is 3.06. The van der Waals surface area contributed by atoms with Crippen molar-refractivity contribution in [2.24, 2.45) is 0 Å². The molecule has 4 nitrogen and oxygen atoms in total. The average molecular weight is 200 g/mol. The van der Waals surface area contributed by atoms with Gasteiger partial charge in [-0.3, -0.25) is 9.59 Å². The van der Waals surface area contributed by atoms with Gasteiger partial charge in [-0.1, -0.05) is 25.0 Å². The van der Waals surface area contributed by atoms with Crippen LogP contribution < -0.4 is 0 Å². The first-order valence-electron chi connectivity index (χ1n) is 4.64. The second-order valence-electron chi connectivity index (χ2n) is 3.06. The Balaban J connectivity index is 4.71. The van der Waals surface area contributed by atoms with Crippen molar-refractivity contribution in [3.8, 4) is 0 Å². The van der Waals surface area contributed by atoms with Gasteiger partial charge in [0.05, 0.1) is 12.8 Å². The highest BCUT2D eigenvalue weighted by Crippen LogP contribution is 2.19. The third-order valence-electron chi connectivity index (χ3n) is 2.08. The molecular formula is C10H16O4. The van der Waals surface area contributed by atoms with E-state index in [1.54, 1.807) is 0 Å². The Morgan fingerprint density at radius 1 is 0.857 bits per heavy atom. The highest BCUT2D eigenvalue weighted by Gasteiger charge is 2.10. The Morgan fingerprint density at radius 2 is 1.14 bits per heavy atom. The summed E-state index contributed by atoms with van der Waals surface area (Å²) in [5.74, 6) is -1.81. The predicted molar refractivity (Wildman–Crippen MR) is 52.1 cm³/mol. The number of carboxylic acid groups (broad SMARTS) is 2. The van der Waals surface area contributed by atoms with E-state index in [2.05, 4.69) is 0 Å². The van der Waals surface area contributed by atoms with Crippen LogP contribution in [0, 0.1) is 0 Å². The third-order valence-corrected chi connectivity index (χ3v) is 2.08. The molecule has 0 saturated heterocycles. The molecule has 0 atom stereocenters. The lowest BCUT2D eigenvalue weighted by molar-refractivity contribution is -0.137. The number of hydrogen-bond acceptors (Lipinski definition) is 2. The van der Waals surface area contributed by atoms with Gasteiger partial charge >= 0.3 is 11.9 Å². The van der Waals surface area contributed by atoms with E-state index in [1.807, 2.05) is 13.8 Å². The smallest absolute Gasteiger partial charge is 0.307 e. The summed E-state index contributed by atoms with van der Waals surface area (Å²) in [5.41, 5.74) is 1.48. The number of hydrogen-bond donors (Lipinski definition) is 2. The topological polar surface area (TPSA) is 74.6 Å². The zero-order valence-corrected chi connectivity index (χ0v) is 8.54. The van der Waals surface area contributed by atoms with Gasteiger partial charge in [-0.15, -0.1) is 0 Å². The molecule has 2 N–H and O–H groups in total. The number of carboxylic acids is 2. The largest absolute Gasteiger partial charge is 0.481 e. The molecule has 0 unspecified atom stereocenters. The van der Waals surface area contributed by atoms with Crippen LogP contribution in [-0.4, -0.2) is 22.2 Å². The lowest BCUT2D eigenvalue weighted by Crippen LogP contribution is -2.04. The molecule has 14 heavy (non-hydrogen) atoms. The van der Waals surface area contributed by atoms with Crippen LogP contribution in [-0.2, 0) is 9.59 Å². The quantitative estimate of drug-likeness (QED) is 0.643. The van der Waals surface area contributed by atoms with E-state index in [1.165, 1.54) is 0 Å². The van der Waals surface area contributed by atoms with Crippen molar-refractivity contribution in [2.75, 3.05) is 0 Å². The molecule has 0 bridgehead atoms. The minimum absolute atomic E-state index is 0.0487. The van der Waals surface area contributed by atoms with Gasteiger partial charge in [0, 0.05) is 0 Å². The van der Waals surface area contributed by atoms with Gasteiger partial charge in [-0.2, -0.15) is 0 Å². The van der Waals surface area contributed by atoms with Crippen LogP contribution in [0.1, 0.15) is 39.5 Å². The molecule has 0 spiro atoms. The van der Waals surface area contributed by atoms with Crippen molar-refractivity contribution < 1.29 is 19.8 Å². The van der Waals surface area contributed by atoms with Crippen LogP contribution in [0.5, 0.6) is 0 Å². The van der Waals surface area contributed by atoms with Crippen LogP contribution in [0.25, 0.3) is 0 Å². The molecule has 0 aromatic carbocycles. The van der Waals surface area contributed by atoms with Crippen LogP contribution in [0.4, 0.5) is 0 Å². The summed E-state index contributed by atoms with van der Waals surface area (Å²) in [6.45, 7) is 3.69. The van der Waals surface area contributed by atoms with Crippen molar-refractivity contribution >= 4 is 11.9 Å². The summed E-state index contributed by atoms with van der Waals surface area (Å²) in [6, 6.07) is 0. The number of rotatable bonds is 6. The maximum Gasteiger partial charge on any atom is 0.307 e. The summed E-state index contributed by atoms with van der Waals surface area (Å²) in [6.07, 6.45) is 1.10. The first-order valence-corrected chi connectivity index (χ1v) is 4.64. The van der Waals surface area contributed by atoms with Crippen LogP contribution in [0.15, 0.2) is 11.1 Å². The molecule has 0 heterocycles. The van der Waals surface area contributed by atoms with Gasteiger partial charge in [0.15, 0.2) is 0 Å². The summed E-state index contributed by atoms with van der Waals surface area (Å²) in [4.78, 5) is 21.0. The van der Waals surface area contributed by atoms with E-state index in [0.717, 1.165) is 11.1 Å². The molecule has 0 rings (SSSR count). The Hall–Kier alpha value is -1.32. The zero-order chi connectivity index (χ0) is 11.1. The standard InChI is InChI=1S/C10H16O4/c1-3-7(5-9(11)12)8(4-2)6-10(13)14/h3-6H2,1-2H3,(H,11,12)(H,13,14)/b8-7+. The van der Waals surface area contributed by atoms with Crippen molar-refractivity contribution in [3.05, 3.63) is 11.1 Å². The Bertz CT molecular complexity index is 227. The highest BCUT2D eigenvalue weighted by molar-refractivity contribution is 5.73. The minimum atomic E-state index is -0.904. The Kier molecular flexibility index (Phi) is 5.60. The normalized spacial score (nSPS) is 12.1. The molecular weight excluding hydrogens is 184 g/mol. The summed E-state index contributed by atoms with van der Waals surface area (Å²) in [5, 5.41) is 17.2. The Morgan fingerprint density at radius 3 is 1.29 bits per heavy atom. The first-order chi connectivity index (χ1) is 6.51. The highest BCUT2D eigenvalue weighted by atomic mass is 16.4. The lowest BCUT2D eigenvalue weighted by atomic mass is 9.98. The molecule has 4 heteroatoms. The zero-order valence-electron chi connectivity index (χ0n) is 8.54. The van der Waals surface area contributed by atoms with Crippen molar-refractivity contribution in [2.45, 2.75) is 39.5 Å². The molecule has 0 aliphatic heterocycles. The van der Waals surface area contributed by atoms with Crippen molar-refractivity contribution in [1.29, 1.82) is 0 Å². The number of aliphatic carboxylic acids is 2. The fraction of sp³-hybridized carbons (Fsp3) is 0.600. The van der Waals surface area contributed by atoms with E-state index >= 15 is 0 Å². The van der Waals surface area contributed by atoms with Gasteiger partial charge in [-0.25, -0.2) is 0 Å². The molecule has 0 aromatic rings. The van der Waals surface area contributed by atoms with Crippen LogP contribution in [0.3, 0.4) is 0 Å². The molecule has 0 aliphatic carbocycles. The summed E-state index contributed by atoms with van der Waals surface area (Å²) < 4.78 is 0. The summed E-state index contributed by atoms with van der Waals surface area (Å²) >= 11 is 0. The minimum Gasteiger partial charge on any atom is -0.481 e.